The van der Waals surface area contributed by atoms with E-state index in [0.717, 1.165) is 10.4 Å². The first-order valence-corrected chi connectivity index (χ1v) is 7.65. The molecular formula is C15H18FN3O2S. The monoisotopic (exact) mass is 323 g/mol. The number of carbonyl (C=O) groups is 1. The van der Waals surface area contributed by atoms with Crippen molar-refractivity contribution in [1.82, 2.24) is 9.88 Å². The second-order valence-electron chi connectivity index (χ2n) is 5.09. The normalized spacial score (nSPS) is 12.0. The third-order valence-corrected chi connectivity index (χ3v) is 3.86. The predicted molar refractivity (Wildman–Crippen MR) is 84.6 cm³/mol. The van der Waals surface area contributed by atoms with Gasteiger partial charge < -0.3 is 10.0 Å². The van der Waals surface area contributed by atoms with Crippen LogP contribution in [0.15, 0.2) is 30.5 Å². The molecule has 0 aliphatic carbocycles. The van der Waals surface area contributed by atoms with Crippen molar-refractivity contribution in [2.75, 3.05) is 18.9 Å². The van der Waals surface area contributed by atoms with E-state index < -0.39 is 6.10 Å². The summed E-state index contributed by atoms with van der Waals surface area (Å²) in [6.45, 7) is 1.87. The van der Waals surface area contributed by atoms with Crippen LogP contribution in [0.1, 0.15) is 17.4 Å². The number of urea groups is 1. The predicted octanol–water partition coefficient (Wildman–Crippen LogP) is 2.72. The van der Waals surface area contributed by atoms with Crippen LogP contribution in [0, 0.1) is 5.82 Å². The lowest BCUT2D eigenvalue weighted by molar-refractivity contribution is 0.149. The summed E-state index contributed by atoms with van der Waals surface area (Å²) in [4.78, 5) is 18.4. The molecule has 5 nitrogen and oxygen atoms in total. The maximum absolute atomic E-state index is 12.9. The SMILES string of the molecule is C[C@H](O)CN(C)C(=O)Nc1ncc(Cc2ccc(F)cc2)s1. The van der Waals surface area contributed by atoms with Gasteiger partial charge in [-0.1, -0.05) is 12.1 Å². The van der Waals surface area contributed by atoms with E-state index in [4.69, 9.17) is 0 Å². The Morgan fingerprint density at radius 2 is 2.14 bits per heavy atom. The van der Waals surface area contributed by atoms with E-state index in [1.54, 1.807) is 32.3 Å². The number of aliphatic hydroxyl groups excluding tert-OH is 1. The molecule has 2 N–H and O–H groups in total. The van der Waals surface area contributed by atoms with Crippen LogP contribution in [-0.2, 0) is 6.42 Å². The Morgan fingerprint density at radius 1 is 1.45 bits per heavy atom. The first kappa shape index (κ1) is 16.4. The van der Waals surface area contributed by atoms with Gasteiger partial charge in [0.15, 0.2) is 5.13 Å². The zero-order valence-corrected chi connectivity index (χ0v) is 13.2. The molecule has 1 aromatic carbocycles. The van der Waals surface area contributed by atoms with Crippen LogP contribution in [0.3, 0.4) is 0 Å². The van der Waals surface area contributed by atoms with Gasteiger partial charge in [0.25, 0.3) is 0 Å². The van der Waals surface area contributed by atoms with Gasteiger partial charge >= 0.3 is 6.03 Å². The van der Waals surface area contributed by atoms with E-state index in [1.165, 1.54) is 28.4 Å². The van der Waals surface area contributed by atoms with Gasteiger partial charge in [-0.2, -0.15) is 0 Å². The van der Waals surface area contributed by atoms with Gasteiger partial charge in [0.05, 0.1) is 6.10 Å². The first-order chi connectivity index (χ1) is 10.4. The Morgan fingerprint density at radius 3 is 2.77 bits per heavy atom. The van der Waals surface area contributed by atoms with Crippen LogP contribution in [0.25, 0.3) is 0 Å². The number of hydrogen-bond donors (Lipinski definition) is 2. The molecule has 1 aromatic heterocycles. The van der Waals surface area contributed by atoms with Gasteiger partial charge in [-0.3, -0.25) is 5.32 Å². The lowest BCUT2D eigenvalue weighted by Crippen LogP contribution is -2.36. The molecule has 1 atom stereocenters. The van der Waals surface area contributed by atoms with Gasteiger partial charge in [-0.05, 0) is 24.6 Å². The maximum atomic E-state index is 12.9. The number of nitrogens with one attached hydrogen (secondary N) is 1. The Kier molecular flexibility index (Phi) is 5.46. The Hall–Kier alpha value is -1.99. The number of nitrogens with zero attached hydrogens (tertiary/aromatic N) is 2. The molecule has 7 heteroatoms. The molecule has 0 fully saturated rings. The number of rotatable bonds is 5. The summed E-state index contributed by atoms with van der Waals surface area (Å²) in [5, 5.41) is 12.4. The molecule has 2 amide bonds. The van der Waals surface area contributed by atoms with Gasteiger partial charge in [-0.15, -0.1) is 11.3 Å². The molecule has 0 aliphatic rings. The Balaban J connectivity index is 1.93. The number of thiazole rings is 1. The van der Waals surface area contributed by atoms with Crippen molar-refractivity contribution in [3.63, 3.8) is 0 Å². The fourth-order valence-electron chi connectivity index (χ4n) is 1.92. The number of anilines is 1. The zero-order chi connectivity index (χ0) is 16.1. The number of carbonyl (C=O) groups excluding carboxylic acids is 1. The number of likely N-dealkylation sites (N-methyl/N-ethyl adjacent to an activating group) is 1. The summed E-state index contributed by atoms with van der Waals surface area (Å²) in [5.41, 5.74) is 0.981. The number of hydrogen-bond acceptors (Lipinski definition) is 4. The van der Waals surface area contributed by atoms with E-state index in [2.05, 4.69) is 10.3 Å². The largest absolute Gasteiger partial charge is 0.392 e. The second-order valence-corrected chi connectivity index (χ2v) is 6.21. The molecule has 0 spiro atoms. The molecule has 0 saturated heterocycles. The Labute approximate surface area is 132 Å². The summed E-state index contributed by atoms with van der Waals surface area (Å²) >= 11 is 1.37. The van der Waals surface area contributed by atoms with Crippen molar-refractivity contribution in [1.29, 1.82) is 0 Å². The van der Waals surface area contributed by atoms with Gasteiger partial charge in [0.2, 0.25) is 0 Å². The van der Waals surface area contributed by atoms with Gasteiger partial charge in [-0.25, -0.2) is 14.2 Å². The van der Waals surface area contributed by atoms with Crippen LogP contribution < -0.4 is 5.32 Å². The smallest absolute Gasteiger partial charge is 0.323 e. The van der Waals surface area contributed by atoms with Crippen molar-refractivity contribution >= 4 is 22.5 Å². The van der Waals surface area contributed by atoms with Gasteiger partial charge in [0.1, 0.15) is 5.82 Å². The first-order valence-electron chi connectivity index (χ1n) is 6.83. The Bertz CT molecular complexity index is 628. The fraction of sp³-hybridized carbons (Fsp3) is 0.333. The number of halogens is 1. The minimum Gasteiger partial charge on any atom is -0.392 e. The van der Waals surface area contributed by atoms with Crippen molar-refractivity contribution in [2.45, 2.75) is 19.4 Å². The van der Waals surface area contributed by atoms with Crippen molar-refractivity contribution in [3.8, 4) is 0 Å². The molecule has 0 unspecified atom stereocenters. The standard InChI is InChI=1S/C15H18FN3O2S/c1-10(20)9-19(2)15(21)18-14-17-8-13(22-14)7-11-3-5-12(16)6-4-11/h3-6,8,10,20H,7,9H2,1-2H3,(H,17,18,21)/t10-/m0/s1. The highest BCUT2D eigenvalue weighted by atomic mass is 32.1. The minimum atomic E-state index is -0.582. The van der Waals surface area contributed by atoms with Crippen molar-refractivity contribution in [3.05, 3.63) is 46.7 Å². The molecule has 0 aliphatic heterocycles. The van der Waals surface area contributed by atoms with E-state index in [-0.39, 0.29) is 18.4 Å². The molecule has 0 saturated carbocycles. The summed E-state index contributed by atoms with van der Waals surface area (Å²) in [7, 11) is 1.61. The highest BCUT2D eigenvalue weighted by Crippen LogP contribution is 2.21. The summed E-state index contributed by atoms with van der Waals surface area (Å²) in [5.74, 6) is -0.262. The maximum Gasteiger partial charge on any atom is 0.323 e. The summed E-state index contributed by atoms with van der Waals surface area (Å²) < 4.78 is 12.9. The van der Waals surface area contributed by atoms with E-state index in [0.29, 0.717) is 11.6 Å². The average molecular weight is 323 g/mol. The fourth-order valence-corrected chi connectivity index (χ4v) is 2.75. The number of aromatic nitrogens is 1. The number of benzene rings is 1. The molecule has 2 rings (SSSR count). The van der Waals surface area contributed by atoms with E-state index >= 15 is 0 Å². The summed E-state index contributed by atoms with van der Waals surface area (Å²) in [6.07, 6.45) is 1.75. The van der Waals surface area contributed by atoms with Crippen molar-refractivity contribution < 1.29 is 14.3 Å². The minimum absolute atomic E-state index is 0.250. The van der Waals surface area contributed by atoms with Crippen LogP contribution in [-0.4, -0.2) is 40.7 Å². The quantitative estimate of drug-likeness (QED) is 0.889. The molecular weight excluding hydrogens is 305 g/mol. The molecule has 2 aromatic rings. The zero-order valence-electron chi connectivity index (χ0n) is 12.4. The average Bonchev–Trinajstić information content (AvgIpc) is 2.88. The van der Waals surface area contributed by atoms with E-state index in [1.807, 2.05) is 0 Å². The lowest BCUT2D eigenvalue weighted by Gasteiger charge is -2.18. The third-order valence-electron chi connectivity index (χ3n) is 2.94. The van der Waals surface area contributed by atoms with Gasteiger partial charge in [0, 0.05) is 31.1 Å². The van der Waals surface area contributed by atoms with Crippen LogP contribution >= 0.6 is 11.3 Å². The highest BCUT2D eigenvalue weighted by Gasteiger charge is 2.13. The molecule has 0 radical (unpaired) electrons. The highest BCUT2D eigenvalue weighted by molar-refractivity contribution is 7.15. The van der Waals surface area contributed by atoms with E-state index in [9.17, 15) is 14.3 Å². The van der Waals surface area contributed by atoms with Crippen molar-refractivity contribution in [2.24, 2.45) is 0 Å². The topological polar surface area (TPSA) is 65.5 Å². The number of amides is 2. The number of aliphatic hydroxyl groups is 1. The van der Waals surface area contributed by atoms with Crippen LogP contribution in [0.5, 0.6) is 0 Å². The lowest BCUT2D eigenvalue weighted by atomic mass is 10.1. The second kappa shape index (κ2) is 7.33. The van der Waals surface area contributed by atoms with Crippen LogP contribution in [0.2, 0.25) is 0 Å². The molecule has 1 heterocycles. The summed E-state index contributed by atoms with van der Waals surface area (Å²) in [6, 6.07) is 5.98. The molecule has 22 heavy (non-hydrogen) atoms. The molecule has 118 valence electrons. The third kappa shape index (κ3) is 4.78. The van der Waals surface area contributed by atoms with Crippen LogP contribution in [0.4, 0.5) is 14.3 Å². The molecule has 0 bridgehead atoms.